The quantitative estimate of drug-likeness (QED) is 0.531. The molecule has 1 fully saturated rings. The maximum absolute atomic E-state index is 8.58. The van der Waals surface area contributed by atoms with Gasteiger partial charge in [-0.25, -0.2) is 0 Å². The molecule has 1 aliphatic rings. The predicted molar refractivity (Wildman–Crippen MR) is 61.4 cm³/mol. The van der Waals surface area contributed by atoms with Crippen LogP contribution in [-0.4, -0.2) is 45.1 Å². The van der Waals surface area contributed by atoms with E-state index in [1.165, 1.54) is 31.1 Å². The summed E-state index contributed by atoms with van der Waals surface area (Å²) in [5.74, 6) is 2.13. The Kier molecular flexibility index (Phi) is 6.98. The van der Waals surface area contributed by atoms with Crippen LogP contribution in [-0.2, 0) is 4.74 Å². The van der Waals surface area contributed by atoms with Gasteiger partial charge >= 0.3 is 0 Å². The molecule has 0 aromatic rings. The smallest absolute Gasteiger partial charge is 0.0563 e. The van der Waals surface area contributed by atoms with Crippen molar-refractivity contribution in [3.63, 3.8) is 0 Å². The lowest BCUT2D eigenvalue weighted by molar-refractivity contribution is 0.0651. The van der Waals surface area contributed by atoms with Crippen LogP contribution in [0.5, 0.6) is 0 Å². The lowest BCUT2D eigenvalue weighted by Gasteiger charge is -2.21. The van der Waals surface area contributed by atoms with Gasteiger partial charge in [0.25, 0.3) is 0 Å². The summed E-state index contributed by atoms with van der Waals surface area (Å²) in [6.07, 6.45) is 3.96. The average Bonchev–Trinajstić information content (AvgIpc) is 2.19. The molecule has 0 radical (unpaired) electrons. The van der Waals surface area contributed by atoms with Crippen molar-refractivity contribution >= 4 is 21.3 Å². The van der Waals surface area contributed by atoms with Gasteiger partial charge in [0.1, 0.15) is 0 Å². The molecule has 1 N–H and O–H groups in total. The third-order valence-electron chi connectivity index (χ3n) is 2.32. The number of hydrogen-bond donors (Lipinski definition) is 1. The Hall–Kier alpha value is 0.487. The Morgan fingerprint density at radius 1 is 1.38 bits per heavy atom. The first-order chi connectivity index (χ1) is 6.43. The topological polar surface area (TPSA) is 29.5 Å². The largest absolute Gasteiger partial charge is 0.396 e. The van der Waals surface area contributed by atoms with Gasteiger partial charge in [0.2, 0.25) is 0 Å². The zero-order valence-corrected chi connectivity index (χ0v) is 10.4. The lowest BCUT2D eigenvalue weighted by Crippen LogP contribution is -2.25. The minimum atomic E-state index is 0.0129. The fourth-order valence-corrected chi connectivity index (χ4v) is 4.80. The number of aliphatic hydroxyl groups excluding tert-OH is 1. The number of ether oxygens (including phenoxy) is 1. The van der Waals surface area contributed by atoms with Crippen LogP contribution in [0.1, 0.15) is 19.3 Å². The van der Waals surface area contributed by atoms with Crippen LogP contribution in [0.2, 0.25) is 6.04 Å². The normalized spacial score (nSPS) is 24.2. The summed E-state index contributed by atoms with van der Waals surface area (Å²) in [6, 6.07) is 1.37. The van der Waals surface area contributed by atoms with Gasteiger partial charge in [-0.1, -0.05) is 6.04 Å². The fourth-order valence-electron chi connectivity index (χ4n) is 1.61. The Morgan fingerprint density at radius 3 is 3.00 bits per heavy atom. The molecule has 0 aromatic heterocycles. The molecule has 1 aliphatic heterocycles. The molecule has 1 unspecified atom stereocenters. The maximum Gasteiger partial charge on any atom is 0.0563 e. The van der Waals surface area contributed by atoms with Crippen LogP contribution in [0.3, 0.4) is 0 Å². The average molecular weight is 220 g/mol. The van der Waals surface area contributed by atoms with Crippen LogP contribution >= 0.6 is 11.8 Å². The van der Waals surface area contributed by atoms with Crippen LogP contribution in [0.4, 0.5) is 0 Å². The second-order valence-corrected chi connectivity index (χ2v) is 6.89. The highest BCUT2D eigenvalue weighted by molar-refractivity contribution is 7.99. The summed E-state index contributed by atoms with van der Waals surface area (Å²) >= 11 is 1.87. The van der Waals surface area contributed by atoms with Gasteiger partial charge in [-0.05, 0) is 25.0 Å². The van der Waals surface area contributed by atoms with Crippen LogP contribution < -0.4 is 0 Å². The predicted octanol–water partition coefficient (Wildman–Crippen LogP) is 0.826. The van der Waals surface area contributed by atoms with E-state index in [-0.39, 0.29) is 9.52 Å². The molecule has 78 valence electrons. The van der Waals surface area contributed by atoms with Gasteiger partial charge in [-0.15, -0.1) is 0 Å². The van der Waals surface area contributed by atoms with Gasteiger partial charge in [-0.3, -0.25) is 0 Å². The van der Waals surface area contributed by atoms with E-state index in [2.05, 4.69) is 0 Å². The molecule has 1 atom stereocenters. The Labute approximate surface area is 87.3 Å². The van der Waals surface area contributed by atoms with Crippen molar-refractivity contribution in [2.45, 2.75) is 31.0 Å². The second-order valence-electron chi connectivity index (χ2n) is 3.47. The molecule has 1 saturated heterocycles. The maximum atomic E-state index is 8.58. The molecular formula is C9H20O2SSi. The SMILES string of the molecule is OCCSCC[SiH2]C1CCCCO1. The molecule has 0 bridgehead atoms. The lowest BCUT2D eigenvalue weighted by atomic mass is 10.2. The van der Waals surface area contributed by atoms with E-state index in [4.69, 9.17) is 9.84 Å². The van der Waals surface area contributed by atoms with Crippen LogP contribution in [0, 0.1) is 0 Å². The third kappa shape index (κ3) is 5.73. The standard InChI is InChI=1S/C9H20O2SSi/c10-4-6-12-7-8-13-9-3-1-2-5-11-9/h9-10H,1-8,13H2. The minimum absolute atomic E-state index is 0.0129. The minimum Gasteiger partial charge on any atom is -0.396 e. The highest BCUT2D eigenvalue weighted by atomic mass is 32.2. The van der Waals surface area contributed by atoms with E-state index < -0.39 is 0 Å². The number of aliphatic hydroxyl groups is 1. The Balaban J connectivity index is 1.86. The van der Waals surface area contributed by atoms with E-state index >= 15 is 0 Å². The highest BCUT2D eigenvalue weighted by Crippen LogP contribution is 2.13. The van der Waals surface area contributed by atoms with Crippen LogP contribution in [0.15, 0.2) is 0 Å². The summed E-state index contributed by atoms with van der Waals surface area (Å²) in [5, 5.41) is 8.58. The molecular weight excluding hydrogens is 200 g/mol. The van der Waals surface area contributed by atoms with Crippen molar-refractivity contribution in [3.05, 3.63) is 0 Å². The second kappa shape index (κ2) is 7.85. The van der Waals surface area contributed by atoms with E-state index in [1.54, 1.807) is 0 Å². The summed E-state index contributed by atoms with van der Waals surface area (Å²) in [4.78, 5) is 0. The molecule has 0 saturated carbocycles. The summed E-state index contributed by atoms with van der Waals surface area (Å²) < 4.78 is 5.69. The molecule has 0 amide bonds. The summed E-state index contributed by atoms with van der Waals surface area (Å²) in [5.41, 5.74) is 0.670. The molecule has 1 heterocycles. The number of thioether (sulfide) groups is 1. The van der Waals surface area contributed by atoms with Crippen molar-refractivity contribution in [1.29, 1.82) is 0 Å². The van der Waals surface area contributed by atoms with E-state index in [0.717, 1.165) is 12.4 Å². The molecule has 0 aliphatic carbocycles. The van der Waals surface area contributed by atoms with Crippen molar-refractivity contribution in [1.82, 2.24) is 0 Å². The molecule has 2 nitrogen and oxygen atoms in total. The van der Waals surface area contributed by atoms with Crippen molar-refractivity contribution < 1.29 is 9.84 Å². The Bertz CT molecular complexity index is 118. The van der Waals surface area contributed by atoms with E-state index in [1.807, 2.05) is 11.8 Å². The van der Waals surface area contributed by atoms with Crippen molar-refractivity contribution in [2.24, 2.45) is 0 Å². The first kappa shape index (κ1) is 11.6. The van der Waals surface area contributed by atoms with Gasteiger partial charge in [-0.2, -0.15) is 11.8 Å². The molecule has 0 spiro atoms. The van der Waals surface area contributed by atoms with Crippen molar-refractivity contribution in [2.75, 3.05) is 24.7 Å². The van der Waals surface area contributed by atoms with Gasteiger partial charge < -0.3 is 9.84 Å². The van der Waals surface area contributed by atoms with Crippen LogP contribution in [0.25, 0.3) is 0 Å². The first-order valence-corrected chi connectivity index (χ1v) is 8.21. The summed E-state index contributed by atoms with van der Waals surface area (Å²) in [6.45, 7) is 1.33. The number of hydrogen-bond acceptors (Lipinski definition) is 3. The van der Waals surface area contributed by atoms with E-state index in [9.17, 15) is 0 Å². The van der Waals surface area contributed by atoms with Gasteiger partial charge in [0.05, 0.1) is 16.1 Å². The molecule has 13 heavy (non-hydrogen) atoms. The molecule has 1 rings (SSSR count). The van der Waals surface area contributed by atoms with Gasteiger partial charge in [0.15, 0.2) is 0 Å². The fraction of sp³-hybridized carbons (Fsp3) is 1.00. The van der Waals surface area contributed by atoms with Crippen molar-refractivity contribution in [3.8, 4) is 0 Å². The van der Waals surface area contributed by atoms with Gasteiger partial charge in [0, 0.05) is 18.1 Å². The summed E-state index contributed by atoms with van der Waals surface area (Å²) in [7, 11) is 0.0129. The first-order valence-electron chi connectivity index (χ1n) is 5.23. The van der Waals surface area contributed by atoms with E-state index in [0.29, 0.717) is 12.3 Å². The molecule has 4 heteroatoms. The molecule has 0 aromatic carbocycles. The zero-order chi connectivity index (χ0) is 9.36. The third-order valence-corrected chi connectivity index (χ3v) is 5.94. The highest BCUT2D eigenvalue weighted by Gasteiger charge is 2.12. The zero-order valence-electron chi connectivity index (χ0n) is 8.21. The number of rotatable bonds is 6. The Morgan fingerprint density at radius 2 is 2.31 bits per heavy atom. The monoisotopic (exact) mass is 220 g/mol.